The maximum absolute atomic E-state index is 14.5. The van der Waals surface area contributed by atoms with Crippen molar-refractivity contribution in [1.82, 2.24) is 9.97 Å². The Kier molecular flexibility index (Phi) is 5.77. The standard InChI is InChI=1S/C26H24F2N4O/c1-33-19-7-4-17(5-8-19)16-30-23-12-13-29-22-10-11-25(31-26(22)23)32-14-2-3-24(32)20-15-18(27)6-9-21(20)28/h4-13,15,24H,2-3,14,16H2,1H3,(H,29,30)/t24-/m1/s1. The molecule has 1 saturated heterocycles. The minimum Gasteiger partial charge on any atom is -0.497 e. The fourth-order valence-corrected chi connectivity index (χ4v) is 4.39. The maximum atomic E-state index is 14.5. The quantitative estimate of drug-likeness (QED) is 0.401. The average molecular weight is 447 g/mol. The van der Waals surface area contributed by atoms with Crippen molar-refractivity contribution in [3.8, 4) is 5.75 Å². The maximum Gasteiger partial charge on any atom is 0.129 e. The molecule has 0 radical (unpaired) electrons. The zero-order chi connectivity index (χ0) is 22.8. The van der Waals surface area contributed by atoms with Gasteiger partial charge in [0.15, 0.2) is 0 Å². The van der Waals surface area contributed by atoms with Crippen molar-refractivity contribution in [2.45, 2.75) is 25.4 Å². The van der Waals surface area contributed by atoms with Crippen LogP contribution in [0.3, 0.4) is 0 Å². The van der Waals surface area contributed by atoms with Crippen molar-refractivity contribution >= 4 is 22.5 Å². The van der Waals surface area contributed by atoms with E-state index < -0.39 is 11.6 Å². The predicted octanol–water partition coefficient (Wildman–Crippen LogP) is 5.87. The number of pyridine rings is 2. The number of aromatic nitrogens is 2. The lowest BCUT2D eigenvalue weighted by Crippen LogP contribution is -2.24. The van der Waals surface area contributed by atoms with Gasteiger partial charge in [-0.2, -0.15) is 0 Å². The smallest absolute Gasteiger partial charge is 0.129 e. The molecule has 0 aliphatic carbocycles. The Balaban J connectivity index is 1.44. The Morgan fingerprint density at radius 1 is 1.06 bits per heavy atom. The molecule has 168 valence electrons. The van der Waals surface area contributed by atoms with E-state index in [-0.39, 0.29) is 6.04 Å². The molecule has 2 aromatic carbocycles. The normalized spacial score (nSPS) is 15.7. The number of ether oxygens (including phenoxy) is 1. The highest BCUT2D eigenvalue weighted by molar-refractivity contribution is 5.88. The van der Waals surface area contributed by atoms with Gasteiger partial charge in [-0.05, 0) is 66.9 Å². The summed E-state index contributed by atoms with van der Waals surface area (Å²) in [6.07, 6.45) is 3.38. The Labute approximate surface area is 191 Å². The Bertz CT molecular complexity index is 1280. The molecule has 4 aromatic rings. The van der Waals surface area contributed by atoms with E-state index in [9.17, 15) is 8.78 Å². The highest BCUT2D eigenvalue weighted by Crippen LogP contribution is 2.37. The first-order valence-electron chi connectivity index (χ1n) is 11.0. The molecule has 0 saturated carbocycles. The van der Waals surface area contributed by atoms with Crippen molar-refractivity contribution in [1.29, 1.82) is 0 Å². The molecule has 5 rings (SSSR count). The molecule has 33 heavy (non-hydrogen) atoms. The van der Waals surface area contributed by atoms with E-state index in [1.54, 1.807) is 13.3 Å². The summed E-state index contributed by atoms with van der Waals surface area (Å²) in [7, 11) is 1.65. The van der Waals surface area contributed by atoms with Crippen LogP contribution < -0.4 is 15.0 Å². The van der Waals surface area contributed by atoms with Gasteiger partial charge in [-0.25, -0.2) is 13.8 Å². The topological polar surface area (TPSA) is 50.3 Å². The fourth-order valence-electron chi connectivity index (χ4n) is 4.39. The van der Waals surface area contributed by atoms with Crippen LogP contribution in [-0.4, -0.2) is 23.6 Å². The van der Waals surface area contributed by atoms with Crippen molar-refractivity contribution in [3.63, 3.8) is 0 Å². The van der Waals surface area contributed by atoms with E-state index in [0.29, 0.717) is 12.1 Å². The number of anilines is 2. The summed E-state index contributed by atoms with van der Waals surface area (Å²) in [5.74, 6) is 0.722. The largest absolute Gasteiger partial charge is 0.497 e. The molecule has 7 heteroatoms. The molecule has 2 aromatic heterocycles. The number of halogens is 2. The van der Waals surface area contributed by atoms with Crippen molar-refractivity contribution in [2.24, 2.45) is 0 Å². The molecule has 1 aliphatic heterocycles. The van der Waals surface area contributed by atoms with Crippen LogP contribution in [0.2, 0.25) is 0 Å². The number of hydrogen-bond acceptors (Lipinski definition) is 5. The van der Waals surface area contributed by atoms with Crippen LogP contribution in [-0.2, 0) is 6.54 Å². The highest BCUT2D eigenvalue weighted by Gasteiger charge is 2.29. The van der Waals surface area contributed by atoms with Gasteiger partial charge in [0, 0.05) is 24.8 Å². The lowest BCUT2D eigenvalue weighted by Gasteiger charge is -2.27. The summed E-state index contributed by atoms with van der Waals surface area (Å²) in [5, 5.41) is 3.45. The Morgan fingerprint density at radius 3 is 2.73 bits per heavy atom. The van der Waals surface area contributed by atoms with E-state index in [1.807, 2.05) is 42.5 Å². The van der Waals surface area contributed by atoms with Crippen LogP contribution in [0.4, 0.5) is 20.3 Å². The lowest BCUT2D eigenvalue weighted by atomic mass is 10.0. The molecule has 0 unspecified atom stereocenters. The second-order valence-electron chi connectivity index (χ2n) is 8.11. The van der Waals surface area contributed by atoms with Crippen LogP contribution in [0.1, 0.15) is 30.0 Å². The molecule has 5 nitrogen and oxygen atoms in total. The minimum absolute atomic E-state index is 0.252. The first kappa shape index (κ1) is 21.1. The van der Waals surface area contributed by atoms with Gasteiger partial charge >= 0.3 is 0 Å². The van der Waals surface area contributed by atoms with Crippen LogP contribution in [0.5, 0.6) is 5.75 Å². The molecule has 1 aliphatic rings. The second kappa shape index (κ2) is 9.02. The Morgan fingerprint density at radius 2 is 1.91 bits per heavy atom. The average Bonchev–Trinajstić information content (AvgIpc) is 3.34. The molecule has 0 amide bonds. The number of rotatable bonds is 6. The van der Waals surface area contributed by atoms with Gasteiger partial charge in [-0.3, -0.25) is 4.98 Å². The number of hydrogen-bond donors (Lipinski definition) is 1. The van der Waals surface area contributed by atoms with E-state index >= 15 is 0 Å². The van der Waals surface area contributed by atoms with E-state index in [4.69, 9.17) is 9.72 Å². The van der Waals surface area contributed by atoms with Crippen LogP contribution in [0, 0.1) is 11.6 Å². The van der Waals surface area contributed by atoms with E-state index in [2.05, 4.69) is 15.2 Å². The van der Waals surface area contributed by atoms with Gasteiger partial charge in [0.05, 0.1) is 24.4 Å². The number of nitrogens with zero attached hydrogens (tertiary/aromatic N) is 3. The molecular formula is C26H24F2N4O. The second-order valence-corrected chi connectivity index (χ2v) is 8.11. The third-order valence-electron chi connectivity index (χ3n) is 6.08. The zero-order valence-electron chi connectivity index (χ0n) is 18.3. The lowest BCUT2D eigenvalue weighted by molar-refractivity contribution is 0.414. The Hall–Kier alpha value is -3.74. The summed E-state index contributed by atoms with van der Waals surface area (Å²) in [6, 6.07) is 17.0. The van der Waals surface area contributed by atoms with Gasteiger partial charge in [0.1, 0.15) is 28.7 Å². The number of methoxy groups -OCH3 is 1. The van der Waals surface area contributed by atoms with E-state index in [0.717, 1.165) is 59.3 Å². The number of fused-ring (bicyclic) bond motifs is 1. The summed E-state index contributed by atoms with van der Waals surface area (Å²) in [5.41, 5.74) is 3.86. The van der Waals surface area contributed by atoms with Crippen LogP contribution in [0.25, 0.3) is 11.0 Å². The first-order chi connectivity index (χ1) is 16.1. The van der Waals surface area contributed by atoms with Crippen molar-refractivity contribution < 1.29 is 13.5 Å². The molecule has 0 spiro atoms. The summed E-state index contributed by atoms with van der Waals surface area (Å²) < 4.78 is 33.5. The molecule has 3 heterocycles. The molecule has 1 atom stereocenters. The summed E-state index contributed by atoms with van der Waals surface area (Å²) >= 11 is 0. The van der Waals surface area contributed by atoms with Crippen molar-refractivity contribution in [2.75, 3.05) is 23.9 Å². The molecule has 0 bridgehead atoms. The zero-order valence-corrected chi connectivity index (χ0v) is 18.3. The van der Waals surface area contributed by atoms with Gasteiger partial charge in [0.25, 0.3) is 0 Å². The first-order valence-corrected chi connectivity index (χ1v) is 11.0. The number of benzene rings is 2. The van der Waals surface area contributed by atoms with Crippen LogP contribution >= 0.6 is 0 Å². The van der Waals surface area contributed by atoms with Gasteiger partial charge < -0.3 is 15.0 Å². The van der Waals surface area contributed by atoms with Crippen molar-refractivity contribution in [3.05, 3.63) is 89.6 Å². The molecule has 1 N–H and O–H groups in total. The highest BCUT2D eigenvalue weighted by atomic mass is 19.1. The molecular weight excluding hydrogens is 422 g/mol. The minimum atomic E-state index is -0.432. The van der Waals surface area contributed by atoms with Crippen LogP contribution in [0.15, 0.2) is 66.9 Å². The van der Waals surface area contributed by atoms with Gasteiger partial charge in [-0.1, -0.05) is 12.1 Å². The third-order valence-corrected chi connectivity index (χ3v) is 6.08. The molecule has 1 fully saturated rings. The summed E-state index contributed by atoms with van der Waals surface area (Å²) in [6.45, 7) is 1.35. The van der Waals surface area contributed by atoms with Gasteiger partial charge in [0.2, 0.25) is 0 Å². The van der Waals surface area contributed by atoms with E-state index in [1.165, 1.54) is 12.1 Å². The predicted molar refractivity (Wildman–Crippen MR) is 126 cm³/mol. The van der Waals surface area contributed by atoms with Gasteiger partial charge in [-0.15, -0.1) is 0 Å². The fraction of sp³-hybridized carbons (Fsp3) is 0.231. The SMILES string of the molecule is COc1ccc(CNc2ccnc3ccc(N4CCC[C@@H]4c4cc(F)ccc4F)nc23)cc1. The number of nitrogens with one attached hydrogen (secondary N) is 1. The monoisotopic (exact) mass is 446 g/mol. The third kappa shape index (κ3) is 4.31. The summed E-state index contributed by atoms with van der Waals surface area (Å²) in [4.78, 5) is 11.4.